The minimum absolute atomic E-state index is 0.0542. The lowest BCUT2D eigenvalue weighted by Gasteiger charge is -2.21. The van der Waals surface area contributed by atoms with Gasteiger partial charge in [-0.3, -0.25) is 4.79 Å². The Bertz CT molecular complexity index is 690. The van der Waals surface area contributed by atoms with Gasteiger partial charge in [0, 0.05) is 20.0 Å². The molecule has 6 nitrogen and oxygen atoms in total. The summed E-state index contributed by atoms with van der Waals surface area (Å²) in [6.07, 6.45) is -0.312. The van der Waals surface area contributed by atoms with Gasteiger partial charge in [-0.1, -0.05) is 60.7 Å². The van der Waals surface area contributed by atoms with E-state index in [9.17, 15) is 14.7 Å². The normalized spacial score (nSPS) is 13.0. The maximum absolute atomic E-state index is 12.6. The molecule has 6 heteroatoms. The quantitative estimate of drug-likeness (QED) is 0.636. The first-order valence-corrected chi connectivity index (χ1v) is 8.31. The summed E-state index contributed by atoms with van der Waals surface area (Å²) in [6, 6.07) is 17.5. The number of ether oxygens (including phenoxy) is 2. The van der Waals surface area contributed by atoms with Crippen LogP contribution >= 0.6 is 0 Å². The third-order valence-electron chi connectivity index (χ3n) is 3.84. The van der Waals surface area contributed by atoms with Crippen molar-refractivity contribution in [2.75, 3.05) is 13.9 Å². The molecule has 0 aliphatic carbocycles. The predicted octanol–water partition coefficient (Wildman–Crippen LogP) is 2.03. The standard InChI is InChI=1S/C20H23NO5/c1-25-14-26-18(13-16-10-6-3-7-11-16)19(22)21-17(20(23)24)12-15-8-4-2-5-9-15/h2-11,17-18H,12-14H2,1H3,(H,21,22)(H,23,24)/t17-,18-/m1/s1. The van der Waals surface area contributed by atoms with Crippen LogP contribution in [0.4, 0.5) is 0 Å². The second-order valence-corrected chi connectivity index (χ2v) is 5.84. The highest BCUT2D eigenvalue weighted by Gasteiger charge is 2.26. The molecule has 0 aliphatic heterocycles. The molecule has 0 radical (unpaired) electrons. The van der Waals surface area contributed by atoms with Crippen LogP contribution in [-0.4, -0.2) is 43.0 Å². The van der Waals surface area contributed by atoms with Gasteiger partial charge in [-0.15, -0.1) is 0 Å². The first-order valence-electron chi connectivity index (χ1n) is 8.31. The van der Waals surface area contributed by atoms with Crippen molar-refractivity contribution in [2.24, 2.45) is 0 Å². The topological polar surface area (TPSA) is 84.9 Å². The zero-order valence-electron chi connectivity index (χ0n) is 14.6. The van der Waals surface area contributed by atoms with Crippen molar-refractivity contribution in [2.45, 2.75) is 25.0 Å². The Balaban J connectivity index is 2.05. The van der Waals surface area contributed by atoms with Gasteiger partial charge in [0.1, 0.15) is 18.9 Å². The Labute approximate surface area is 152 Å². The Kier molecular flexibility index (Phi) is 7.79. The number of hydrogen-bond donors (Lipinski definition) is 2. The molecule has 26 heavy (non-hydrogen) atoms. The van der Waals surface area contributed by atoms with E-state index in [1.807, 2.05) is 60.7 Å². The number of carboxylic acid groups (broad SMARTS) is 1. The molecule has 0 aromatic heterocycles. The van der Waals surface area contributed by atoms with Crippen molar-refractivity contribution in [1.29, 1.82) is 0 Å². The molecule has 0 spiro atoms. The molecule has 2 N–H and O–H groups in total. The van der Waals surface area contributed by atoms with Crippen LogP contribution in [0.25, 0.3) is 0 Å². The number of methoxy groups -OCH3 is 1. The Morgan fingerprint density at radius 2 is 1.50 bits per heavy atom. The summed E-state index contributed by atoms with van der Waals surface area (Å²) >= 11 is 0. The smallest absolute Gasteiger partial charge is 0.326 e. The van der Waals surface area contributed by atoms with E-state index < -0.39 is 24.0 Å². The highest BCUT2D eigenvalue weighted by atomic mass is 16.7. The fourth-order valence-electron chi connectivity index (χ4n) is 2.52. The summed E-state index contributed by atoms with van der Waals surface area (Å²) in [5.41, 5.74) is 1.75. The van der Waals surface area contributed by atoms with Crippen molar-refractivity contribution in [3.05, 3.63) is 71.8 Å². The summed E-state index contributed by atoms with van der Waals surface area (Å²) in [4.78, 5) is 24.2. The van der Waals surface area contributed by atoms with Crippen LogP contribution in [0.1, 0.15) is 11.1 Å². The molecular formula is C20H23NO5. The third kappa shape index (κ3) is 6.31. The van der Waals surface area contributed by atoms with Crippen molar-refractivity contribution in [3.63, 3.8) is 0 Å². The van der Waals surface area contributed by atoms with Crippen LogP contribution in [0.5, 0.6) is 0 Å². The van der Waals surface area contributed by atoms with Crippen LogP contribution < -0.4 is 5.32 Å². The predicted molar refractivity (Wildman–Crippen MR) is 96.6 cm³/mol. The molecular weight excluding hydrogens is 334 g/mol. The molecule has 1 amide bonds. The fraction of sp³-hybridized carbons (Fsp3) is 0.300. The van der Waals surface area contributed by atoms with Crippen molar-refractivity contribution in [1.82, 2.24) is 5.32 Å². The number of hydrogen-bond acceptors (Lipinski definition) is 4. The van der Waals surface area contributed by atoms with Crippen LogP contribution in [0.2, 0.25) is 0 Å². The van der Waals surface area contributed by atoms with Crippen molar-refractivity contribution >= 4 is 11.9 Å². The fourth-order valence-corrected chi connectivity index (χ4v) is 2.52. The second-order valence-electron chi connectivity index (χ2n) is 5.84. The number of rotatable bonds is 10. The van der Waals surface area contributed by atoms with Gasteiger partial charge in [0.2, 0.25) is 5.91 Å². The summed E-state index contributed by atoms with van der Waals surface area (Å²) in [7, 11) is 1.47. The highest BCUT2D eigenvalue weighted by Crippen LogP contribution is 2.09. The molecule has 0 fully saturated rings. The van der Waals surface area contributed by atoms with E-state index in [4.69, 9.17) is 9.47 Å². The van der Waals surface area contributed by atoms with Crippen LogP contribution in [-0.2, 0) is 31.9 Å². The first-order chi connectivity index (χ1) is 12.6. The van der Waals surface area contributed by atoms with Gasteiger partial charge in [0.05, 0.1) is 0 Å². The van der Waals surface area contributed by atoms with E-state index in [2.05, 4.69) is 5.32 Å². The van der Waals surface area contributed by atoms with E-state index in [1.165, 1.54) is 7.11 Å². The van der Waals surface area contributed by atoms with Gasteiger partial charge < -0.3 is 19.9 Å². The van der Waals surface area contributed by atoms with Crippen LogP contribution in [0, 0.1) is 0 Å². The summed E-state index contributed by atoms with van der Waals surface area (Å²) in [5.74, 6) is -1.57. The number of carbonyl (C=O) groups is 2. The van der Waals surface area contributed by atoms with Gasteiger partial charge in [-0.25, -0.2) is 4.79 Å². The van der Waals surface area contributed by atoms with E-state index in [0.717, 1.165) is 11.1 Å². The summed E-state index contributed by atoms with van der Waals surface area (Å²) in [6.45, 7) is -0.0542. The Morgan fingerprint density at radius 1 is 0.962 bits per heavy atom. The van der Waals surface area contributed by atoms with E-state index in [0.29, 0.717) is 6.42 Å². The summed E-state index contributed by atoms with van der Waals surface area (Å²) in [5, 5.41) is 12.0. The lowest BCUT2D eigenvalue weighted by molar-refractivity contribution is -0.148. The van der Waals surface area contributed by atoms with E-state index in [1.54, 1.807) is 0 Å². The van der Waals surface area contributed by atoms with Gasteiger partial charge in [-0.2, -0.15) is 0 Å². The molecule has 0 saturated carbocycles. The van der Waals surface area contributed by atoms with Gasteiger partial charge in [-0.05, 0) is 11.1 Å². The molecule has 0 aliphatic rings. The number of carboxylic acids is 1. The maximum atomic E-state index is 12.6. The minimum atomic E-state index is -1.09. The minimum Gasteiger partial charge on any atom is -0.480 e. The Morgan fingerprint density at radius 3 is 2.00 bits per heavy atom. The molecule has 0 heterocycles. The van der Waals surface area contributed by atoms with Crippen LogP contribution in [0.15, 0.2) is 60.7 Å². The largest absolute Gasteiger partial charge is 0.480 e. The lowest BCUT2D eigenvalue weighted by atomic mass is 10.0. The molecule has 138 valence electrons. The molecule has 2 rings (SSSR count). The number of amides is 1. The molecule has 0 bridgehead atoms. The lowest BCUT2D eigenvalue weighted by Crippen LogP contribution is -2.48. The molecule has 0 saturated heterocycles. The monoisotopic (exact) mass is 357 g/mol. The average molecular weight is 357 g/mol. The zero-order chi connectivity index (χ0) is 18.8. The molecule has 0 unspecified atom stereocenters. The Hall–Kier alpha value is -2.70. The molecule has 2 aromatic carbocycles. The van der Waals surface area contributed by atoms with Crippen LogP contribution in [0.3, 0.4) is 0 Å². The third-order valence-corrected chi connectivity index (χ3v) is 3.84. The van der Waals surface area contributed by atoms with Gasteiger partial charge in [0.15, 0.2) is 0 Å². The first kappa shape index (κ1) is 19.6. The second kappa shape index (κ2) is 10.3. The van der Waals surface area contributed by atoms with E-state index >= 15 is 0 Å². The highest BCUT2D eigenvalue weighted by molar-refractivity contribution is 5.86. The van der Waals surface area contributed by atoms with E-state index in [-0.39, 0.29) is 13.2 Å². The zero-order valence-corrected chi connectivity index (χ0v) is 14.6. The van der Waals surface area contributed by atoms with Gasteiger partial charge in [0.25, 0.3) is 0 Å². The van der Waals surface area contributed by atoms with Crippen molar-refractivity contribution < 1.29 is 24.2 Å². The van der Waals surface area contributed by atoms with Crippen molar-refractivity contribution in [3.8, 4) is 0 Å². The number of nitrogens with one attached hydrogen (secondary N) is 1. The number of carbonyl (C=O) groups excluding carboxylic acids is 1. The SMILES string of the molecule is COCO[C@H](Cc1ccccc1)C(=O)N[C@H](Cc1ccccc1)C(=O)O. The average Bonchev–Trinajstić information content (AvgIpc) is 2.66. The number of benzene rings is 2. The van der Waals surface area contributed by atoms with Gasteiger partial charge >= 0.3 is 5.97 Å². The maximum Gasteiger partial charge on any atom is 0.326 e. The summed E-state index contributed by atoms with van der Waals surface area (Å²) < 4.78 is 10.4. The molecule has 2 aromatic rings. The number of aliphatic carboxylic acids is 1. The molecule has 2 atom stereocenters.